The summed E-state index contributed by atoms with van der Waals surface area (Å²) in [4.78, 5) is 2.60. The molecule has 0 aromatic heterocycles. The molecule has 194 valence electrons. The normalized spacial score (nSPS) is 14.7. The summed E-state index contributed by atoms with van der Waals surface area (Å²) < 4.78 is 26.9. The van der Waals surface area contributed by atoms with Crippen molar-refractivity contribution in [1.29, 1.82) is 10.5 Å². The highest BCUT2D eigenvalue weighted by molar-refractivity contribution is 7.96. The van der Waals surface area contributed by atoms with Crippen molar-refractivity contribution in [3.63, 3.8) is 0 Å². The average Bonchev–Trinajstić information content (AvgIpc) is 3.11. The zero-order chi connectivity index (χ0) is 26.8. The molecule has 2 aromatic carbocycles. The number of benzene rings is 2. The highest BCUT2D eigenvalue weighted by Gasteiger charge is 2.38. The van der Waals surface area contributed by atoms with E-state index in [2.05, 4.69) is 30.9 Å². The maximum absolute atomic E-state index is 13.4. The molecule has 1 aliphatic heterocycles. The molecule has 0 spiro atoms. The Balaban J connectivity index is 1.99. The summed E-state index contributed by atoms with van der Waals surface area (Å²) in [6, 6.07) is 16.5. The number of allylic oxidation sites excluding steroid dienone is 2. The maximum Gasteiger partial charge on any atom is 0.207 e. The zero-order valence-electron chi connectivity index (χ0n) is 22.3. The molecule has 5 nitrogen and oxygen atoms in total. The van der Waals surface area contributed by atoms with Gasteiger partial charge in [0, 0.05) is 29.9 Å². The summed E-state index contributed by atoms with van der Waals surface area (Å²) in [5, 5.41) is 19.1. The van der Waals surface area contributed by atoms with E-state index in [-0.39, 0.29) is 20.9 Å². The van der Waals surface area contributed by atoms with Crippen LogP contribution in [0.2, 0.25) is 0 Å². The summed E-state index contributed by atoms with van der Waals surface area (Å²) in [6.07, 6.45) is 11.3. The van der Waals surface area contributed by atoms with E-state index in [0.717, 1.165) is 42.7 Å². The third kappa shape index (κ3) is 6.51. The van der Waals surface area contributed by atoms with Gasteiger partial charge in [-0.25, -0.2) is 8.42 Å². The lowest BCUT2D eigenvalue weighted by molar-refractivity contribution is 0.604. The number of nitrogens with zero attached hydrogens (tertiary/aromatic N) is 3. The zero-order valence-corrected chi connectivity index (χ0v) is 23.1. The smallest absolute Gasteiger partial charge is 0.207 e. The number of hydrogen-bond acceptors (Lipinski definition) is 5. The van der Waals surface area contributed by atoms with Crippen molar-refractivity contribution in [2.75, 3.05) is 18.0 Å². The summed E-state index contributed by atoms with van der Waals surface area (Å²) >= 11 is 0. The Kier molecular flexibility index (Phi) is 10.1. The Labute approximate surface area is 222 Å². The van der Waals surface area contributed by atoms with Gasteiger partial charge in [0.25, 0.3) is 0 Å². The number of hydrogen-bond donors (Lipinski definition) is 0. The molecule has 0 saturated carbocycles. The van der Waals surface area contributed by atoms with Crippen LogP contribution in [-0.4, -0.2) is 21.5 Å². The lowest BCUT2D eigenvalue weighted by atomic mass is 9.98. The molecular weight excluding hydrogens is 478 g/mol. The maximum atomic E-state index is 13.4. The Morgan fingerprint density at radius 2 is 1.51 bits per heavy atom. The Hall–Kier alpha value is -3.35. The molecule has 0 aliphatic carbocycles. The van der Waals surface area contributed by atoms with E-state index in [1.165, 1.54) is 44.6 Å². The number of aryl methyl sites for hydroxylation is 1. The minimum absolute atomic E-state index is 0.0126. The van der Waals surface area contributed by atoms with E-state index < -0.39 is 9.84 Å². The molecule has 2 aromatic rings. The fraction of sp³-hybridized carbons (Fsp3) is 0.419. The predicted octanol–water partition coefficient (Wildman–Crippen LogP) is 7.59. The minimum atomic E-state index is -3.85. The molecule has 0 radical (unpaired) electrons. The van der Waals surface area contributed by atoms with Gasteiger partial charge in [0.05, 0.1) is 9.80 Å². The van der Waals surface area contributed by atoms with Crippen LogP contribution >= 0.6 is 0 Å². The van der Waals surface area contributed by atoms with E-state index in [1.807, 2.05) is 25.1 Å². The number of sulfone groups is 1. The van der Waals surface area contributed by atoms with Gasteiger partial charge in [-0.05, 0) is 55.2 Å². The van der Waals surface area contributed by atoms with Crippen molar-refractivity contribution in [2.24, 2.45) is 0 Å². The van der Waals surface area contributed by atoms with E-state index in [1.54, 1.807) is 24.3 Å². The average molecular weight is 516 g/mol. The van der Waals surface area contributed by atoms with Crippen LogP contribution in [-0.2, 0) is 9.84 Å². The molecular formula is C31H37N3O2S. The van der Waals surface area contributed by atoms with Crippen LogP contribution in [0.3, 0.4) is 0 Å². The molecule has 0 unspecified atom stereocenters. The van der Waals surface area contributed by atoms with Crippen LogP contribution in [0.4, 0.5) is 5.69 Å². The van der Waals surface area contributed by atoms with Gasteiger partial charge in [-0.2, -0.15) is 10.5 Å². The Morgan fingerprint density at radius 1 is 0.892 bits per heavy atom. The molecule has 0 fully saturated rings. The highest BCUT2D eigenvalue weighted by Crippen LogP contribution is 2.45. The summed E-state index contributed by atoms with van der Waals surface area (Å²) in [7, 11) is -3.85. The van der Waals surface area contributed by atoms with Gasteiger partial charge in [0.1, 0.15) is 17.7 Å². The number of nitriles is 2. The van der Waals surface area contributed by atoms with Crippen molar-refractivity contribution in [3.8, 4) is 12.1 Å². The molecule has 0 saturated heterocycles. The van der Waals surface area contributed by atoms with E-state index in [9.17, 15) is 18.9 Å². The molecule has 0 amide bonds. The standard InChI is InChI=1S/C31H37N3O2S/c1-4-6-8-12-18-34(19-13-9-7-5-2)27-17-16-25(24(3)20-27)21-30-31(26(22-32)23-33)28-14-10-11-15-29(28)37(30,35)36/h10-11,14-17,20-21H,4-9,12-13,18-19H2,1-3H3/b30-21-. The Bertz CT molecular complexity index is 1330. The van der Waals surface area contributed by atoms with Crippen LogP contribution < -0.4 is 4.90 Å². The quantitative estimate of drug-likeness (QED) is 0.215. The van der Waals surface area contributed by atoms with Crippen molar-refractivity contribution >= 4 is 27.2 Å². The topological polar surface area (TPSA) is 85.0 Å². The SMILES string of the molecule is CCCCCCN(CCCCCC)c1ccc(/C=C2/C(=C(C#N)C#N)c3ccccc3S2(=O)=O)c(C)c1. The molecule has 0 bridgehead atoms. The molecule has 3 rings (SSSR count). The van der Waals surface area contributed by atoms with E-state index in [0.29, 0.717) is 5.56 Å². The Morgan fingerprint density at radius 3 is 2.08 bits per heavy atom. The molecule has 0 N–H and O–H groups in total. The predicted molar refractivity (Wildman–Crippen MR) is 151 cm³/mol. The molecule has 6 heteroatoms. The fourth-order valence-electron chi connectivity index (χ4n) is 4.83. The molecule has 37 heavy (non-hydrogen) atoms. The number of unbranched alkanes of at least 4 members (excludes halogenated alkanes) is 6. The first-order valence-electron chi connectivity index (χ1n) is 13.4. The van der Waals surface area contributed by atoms with Crippen LogP contribution in [0.15, 0.2) is 57.8 Å². The first-order valence-corrected chi connectivity index (χ1v) is 14.8. The van der Waals surface area contributed by atoms with Gasteiger partial charge < -0.3 is 4.90 Å². The van der Waals surface area contributed by atoms with Gasteiger partial charge in [-0.3, -0.25) is 0 Å². The van der Waals surface area contributed by atoms with Crippen LogP contribution in [0.25, 0.3) is 11.6 Å². The van der Waals surface area contributed by atoms with Crippen LogP contribution in [0.1, 0.15) is 81.9 Å². The third-order valence-electron chi connectivity index (χ3n) is 6.92. The third-order valence-corrected chi connectivity index (χ3v) is 8.76. The molecule has 1 aliphatic rings. The fourth-order valence-corrected chi connectivity index (χ4v) is 6.54. The second-order valence-corrected chi connectivity index (χ2v) is 11.5. The monoisotopic (exact) mass is 515 g/mol. The highest BCUT2D eigenvalue weighted by atomic mass is 32.2. The second kappa shape index (κ2) is 13.3. The van der Waals surface area contributed by atoms with Crippen molar-refractivity contribution in [2.45, 2.75) is 77.0 Å². The lowest BCUT2D eigenvalue weighted by Gasteiger charge is -2.26. The summed E-state index contributed by atoms with van der Waals surface area (Å²) in [5.41, 5.74) is 3.27. The summed E-state index contributed by atoms with van der Waals surface area (Å²) in [6.45, 7) is 8.44. The van der Waals surface area contributed by atoms with Crippen molar-refractivity contribution < 1.29 is 8.42 Å². The largest absolute Gasteiger partial charge is 0.372 e. The number of anilines is 1. The minimum Gasteiger partial charge on any atom is -0.372 e. The van der Waals surface area contributed by atoms with Gasteiger partial charge in [-0.1, -0.05) is 76.6 Å². The van der Waals surface area contributed by atoms with Gasteiger partial charge in [0.15, 0.2) is 0 Å². The molecule has 0 atom stereocenters. The van der Waals surface area contributed by atoms with Gasteiger partial charge in [-0.15, -0.1) is 0 Å². The van der Waals surface area contributed by atoms with E-state index >= 15 is 0 Å². The summed E-state index contributed by atoms with van der Waals surface area (Å²) in [5.74, 6) is 0. The second-order valence-electron chi connectivity index (χ2n) is 9.63. The van der Waals surface area contributed by atoms with Gasteiger partial charge in [0.2, 0.25) is 9.84 Å². The molecule has 1 heterocycles. The van der Waals surface area contributed by atoms with Gasteiger partial charge >= 0.3 is 0 Å². The lowest BCUT2D eigenvalue weighted by Crippen LogP contribution is -2.25. The van der Waals surface area contributed by atoms with E-state index in [4.69, 9.17) is 0 Å². The first-order chi connectivity index (χ1) is 17.9. The van der Waals surface area contributed by atoms with Crippen LogP contribution in [0.5, 0.6) is 0 Å². The number of rotatable bonds is 12. The van der Waals surface area contributed by atoms with Crippen molar-refractivity contribution in [1.82, 2.24) is 0 Å². The number of fused-ring (bicyclic) bond motifs is 1. The first kappa shape index (κ1) is 28.2. The van der Waals surface area contributed by atoms with Crippen LogP contribution in [0, 0.1) is 29.6 Å². The van der Waals surface area contributed by atoms with Crippen molar-refractivity contribution in [3.05, 3.63) is 69.6 Å².